The molecule has 4 rings (SSSR count). The molecule has 1 amide bonds. The number of hydrogen-bond donors (Lipinski definition) is 2. The van der Waals surface area contributed by atoms with Gasteiger partial charge in [0.2, 0.25) is 11.8 Å². The molecule has 36 heavy (non-hydrogen) atoms. The molecule has 0 aliphatic heterocycles. The summed E-state index contributed by atoms with van der Waals surface area (Å²) in [5.41, 5.74) is 2.09. The van der Waals surface area contributed by atoms with E-state index in [0.29, 0.717) is 23.6 Å². The van der Waals surface area contributed by atoms with E-state index < -0.39 is 17.6 Å². The van der Waals surface area contributed by atoms with Crippen molar-refractivity contribution >= 4 is 22.6 Å². The van der Waals surface area contributed by atoms with Crippen molar-refractivity contribution in [3.8, 4) is 28.1 Å². The number of alkyl halides is 3. The highest BCUT2D eigenvalue weighted by Gasteiger charge is 2.31. The first-order valence-corrected chi connectivity index (χ1v) is 11.0. The Kier molecular flexibility index (Phi) is 7.07. The number of carbonyl (C=O) groups is 1. The van der Waals surface area contributed by atoms with Crippen molar-refractivity contribution in [1.29, 1.82) is 0 Å². The monoisotopic (exact) mass is 495 g/mol. The van der Waals surface area contributed by atoms with Gasteiger partial charge in [-0.15, -0.1) is 0 Å². The van der Waals surface area contributed by atoms with Crippen LogP contribution in [-0.4, -0.2) is 53.5 Å². The molecule has 2 N–H and O–H groups in total. The van der Waals surface area contributed by atoms with E-state index in [1.165, 1.54) is 25.4 Å². The summed E-state index contributed by atoms with van der Waals surface area (Å²) in [5, 5.41) is 3.25. The summed E-state index contributed by atoms with van der Waals surface area (Å²) in [4.78, 5) is 25.7. The lowest BCUT2D eigenvalue weighted by Gasteiger charge is -2.13. The largest absolute Gasteiger partial charge is 0.481 e. The molecule has 0 fully saturated rings. The molecule has 0 radical (unpaired) electrons. The Balaban J connectivity index is 1.74. The zero-order valence-corrected chi connectivity index (χ0v) is 19.8. The molecule has 0 saturated carbocycles. The van der Waals surface area contributed by atoms with Crippen LogP contribution in [0, 0.1) is 0 Å². The molecule has 0 atom stereocenters. The van der Waals surface area contributed by atoms with Crippen molar-refractivity contribution in [2.45, 2.75) is 6.18 Å². The first kappa shape index (κ1) is 24.9. The van der Waals surface area contributed by atoms with Crippen molar-refractivity contribution in [2.24, 2.45) is 0 Å². The van der Waals surface area contributed by atoms with Crippen molar-refractivity contribution in [3.63, 3.8) is 0 Å². The minimum Gasteiger partial charge on any atom is -0.481 e. The molecule has 0 saturated heterocycles. The average molecular weight is 496 g/mol. The number of nitrogens with zero attached hydrogens (tertiary/aromatic N) is 3. The molecule has 3 aromatic heterocycles. The normalized spacial score (nSPS) is 12.0. The molecule has 1 aromatic carbocycles. The number of aromatic amines is 1. The summed E-state index contributed by atoms with van der Waals surface area (Å²) in [6.07, 6.45) is 3.20. The van der Waals surface area contributed by atoms with Crippen molar-refractivity contribution in [3.05, 3.63) is 72.7 Å². The first-order valence-electron chi connectivity index (χ1n) is 11.0. The van der Waals surface area contributed by atoms with Crippen LogP contribution in [0.2, 0.25) is 0 Å². The van der Waals surface area contributed by atoms with Crippen molar-refractivity contribution in [2.75, 3.05) is 33.1 Å². The molecule has 0 aliphatic rings. The maximum absolute atomic E-state index is 13.7. The number of benzene rings is 1. The van der Waals surface area contributed by atoms with Crippen LogP contribution in [0.4, 0.5) is 18.9 Å². The van der Waals surface area contributed by atoms with Gasteiger partial charge >= 0.3 is 6.18 Å². The standard InChI is InChI=1S/C26H24F3N5O2/c1-34(2)8-4-5-23(35)33-20-10-17(9-19(13-20)26(27,28)29)18-11-21-22(15-32-25(21)31-14-18)16-6-7-30-24(12-16)36-3/h4-7,9-15H,8H2,1-3H3,(H,31,32)(H,33,35). The van der Waals surface area contributed by atoms with Gasteiger partial charge in [0.05, 0.1) is 12.7 Å². The second-order valence-corrected chi connectivity index (χ2v) is 8.36. The van der Waals surface area contributed by atoms with E-state index in [1.807, 2.05) is 19.0 Å². The molecule has 10 heteroatoms. The number of likely N-dealkylation sites (N-methyl/N-ethyl adjacent to an activating group) is 1. The SMILES string of the molecule is COc1cc(-c2c[nH]c3ncc(-c4cc(NC(=O)C=CCN(C)C)cc(C(F)(F)F)c4)cc23)ccn1. The van der Waals surface area contributed by atoms with Crippen LogP contribution >= 0.6 is 0 Å². The lowest BCUT2D eigenvalue weighted by Crippen LogP contribution is -2.13. The number of aromatic nitrogens is 3. The second-order valence-electron chi connectivity index (χ2n) is 8.36. The van der Waals surface area contributed by atoms with Gasteiger partial charge in [0.25, 0.3) is 0 Å². The maximum Gasteiger partial charge on any atom is 0.416 e. The van der Waals surface area contributed by atoms with E-state index >= 15 is 0 Å². The predicted molar refractivity (Wildman–Crippen MR) is 133 cm³/mol. The van der Waals surface area contributed by atoms with E-state index in [-0.39, 0.29) is 11.3 Å². The number of methoxy groups -OCH3 is 1. The van der Waals surface area contributed by atoms with E-state index in [4.69, 9.17) is 4.74 Å². The minimum atomic E-state index is -4.60. The van der Waals surface area contributed by atoms with Crippen LogP contribution in [0.25, 0.3) is 33.3 Å². The number of fused-ring (bicyclic) bond motifs is 1. The first-order chi connectivity index (χ1) is 17.1. The third-order valence-electron chi connectivity index (χ3n) is 5.39. The van der Waals surface area contributed by atoms with Crippen molar-refractivity contribution < 1.29 is 22.7 Å². The number of ether oxygens (including phenoxy) is 1. The van der Waals surface area contributed by atoms with Gasteiger partial charge in [0.1, 0.15) is 5.65 Å². The summed E-state index contributed by atoms with van der Waals surface area (Å²) in [5.74, 6) is -0.0842. The second kappa shape index (κ2) is 10.2. The quantitative estimate of drug-likeness (QED) is 0.337. The van der Waals surface area contributed by atoms with Crippen molar-refractivity contribution in [1.82, 2.24) is 19.9 Å². The summed E-state index contributed by atoms with van der Waals surface area (Å²) >= 11 is 0. The Morgan fingerprint density at radius 1 is 1.11 bits per heavy atom. The molecular formula is C26H24F3N5O2. The number of H-pyrrole nitrogens is 1. The fraction of sp³-hybridized carbons (Fsp3) is 0.192. The zero-order valence-electron chi connectivity index (χ0n) is 19.8. The molecule has 186 valence electrons. The number of nitrogens with one attached hydrogen (secondary N) is 2. The van der Waals surface area contributed by atoms with Gasteiger partial charge in [-0.1, -0.05) is 6.08 Å². The van der Waals surface area contributed by atoms with E-state index in [2.05, 4.69) is 20.3 Å². The highest BCUT2D eigenvalue weighted by Crippen LogP contribution is 2.37. The topological polar surface area (TPSA) is 83.1 Å². The summed E-state index contributed by atoms with van der Waals surface area (Å²) in [6, 6.07) is 8.79. The Hall–Kier alpha value is -4.18. The smallest absolute Gasteiger partial charge is 0.416 e. The Morgan fingerprint density at radius 2 is 1.92 bits per heavy atom. The van der Waals surface area contributed by atoms with Gasteiger partial charge < -0.3 is 19.9 Å². The molecule has 0 unspecified atom stereocenters. The van der Waals surface area contributed by atoms with Crippen LogP contribution in [0.1, 0.15) is 5.56 Å². The van der Waals surface area contributed by atoms with Crippen LogP contribution in [0.15, 0.2) is 67.1 Å². The van der Waals surface area contributed by atoms with Gasteiger partial charge in [0.15, 0.2) is 0 Å². The van der Waals surface area contributed by atoms with E-state index in [1.54, 1.807) is 36.7 Å². The Morgan fingerprint density at radius 3 is 2.64 bits per heavy atom. The molecule has 0 bridgehead atoms. The summed E-state index contributed by atoms with van der Waals surface area (Å²) in [7, 11) is 5.20. The Bertz CT molecular complexity index is 1430. The van der Waals surface area contributed by atoms with Gasteiger partial charge in [-0.3, -0.25) is 4.79 Å². The average Bonchev–Trinajstić information content (AvgIpc) is 3.26. The lowest BCUT2D eigenvalue weighted by atomic mass is 10.0. The zero-order chi connectivity index (χ0) is 25.9. The van der Waals surface area contributed by atoms with Gasteiger partial charge in [-0.2, -0.15) is 13.2 Å². The highest BCUT2D eigenvalue weighted by molar-refractivity contribution is 6.00. The molecular weight excluding hydrogens is 471 g/mol. The number of pyridine rings is 2. The fourth-order valence-corrected chi connectivity index (χ4v) is 3.67. The molecule has 4 aromatic rings. The number of amides is 1. The fourth-order valence-electron chi connectivity index (χ4n) is 3.67. The number of halogens is 3. The third kappa shape index (κ3) is 5.72. The molecule has 3 heterocycles. The van der Waals surface area contributed by atoms with E-state index in [9.17, 15) is 18.0 Å². The molecule has 0 aliphatic carbocycles. The Labute approximate surface area is 205 Å². The molecule has 7 nitrogen and oxygen atoms in total. The predicted octanol–water partition coefficient (Wildman–Crippen LogP) is 5.38. The third-order valence-corrected chi connectivity index (χ3v) is 5.39. The maximum atomic E-state index is 13.7. The number of rotatable bonds is 7. The van der Waals surface area contributed by atoms with Gasteiger partial charge in [-0.25, -0.2) is 9.97 Å². The highest BCUT2D eigenvalue weighted by atomic mass is 19.4. The number of hydrogen-bond acceptors (Lipinski definition) is 5. The van der Waals surface area contributed by atoms with Crippen LogP contribution in [-0.2, 0) is 11.0 Å². The number of anilines is 1. The number of carbonyl (C=O) groups excluding carboxylic acids is 1. The van der Waals surface area contributed by atoms with Crippen LogP contribution in [0.3, 0.4) is 0 Å². The minimum absolute atomic E-state index is 0.0348. The summed E-state index contributed by atoms with van der Waals surface area (Å²) in [6.45, 7) is 0.523. The van der Waals surface area contributed by atoms with Crippen LogP contribution < -0.4 is 10.1 Å². The molecule has 0 spiro atoms. The summed E-state index contributed by atoms with van der Waals surface area (Å²) < 4.78 is 46.2. The van der Waals surface area contributed by atoms with Gasteiger partial charge in [0, 0.05) is 59.5 Å². The lowest BCUT2D eigenvalue weighted by molar-refractivity contribution is -0.137. The van der Waals surface area contributed by atoms with E-state index in [0.717, 1.165) is 28.6 Å². The van der Waals surface area contributed by atoms with Gasteiger partial charge in [-0.05, 0) is 55.6 Å². The van der Waals surface area contributed by atoms with Crippen LogP contribution in [0.5, 0.6) is 5.88 Å².